The minimum absolute atomic E-state index is 0.139. The zero-order chi connectivity index (χ0) is 20.6. The van der Waals surface area contributed by atoms with Gasteiger partial charge in [0.15, 0.2) is 17.9 Å². The lowest BCUT2D eigenvalue weighted by Gasteiger charge is -2.08. The molecule has 0 bridgehead atoms. The highest BCUT2D eigenvalue weighted by Crippen LogP contribution is 2.26. The molecule has 29 heavy (non-hydrogen) atoms. The second kappa shape index (κ2) is 9.41. The van der Waals surface area contributed by atoms with E-state index in [1.807, 2.05) is 30.3 Å². The zero-order valence-electron chi connectivity index (χ0n) is 15.2. The molecular formula is C23H16F2O4. The van der Waals surface area contributed by atoms with Gasteiger partial charge in [-0.25, -0.2) is 13.6 Å². The fourth-order valence-corrected chi connectivity index (χ4v) is 2.49. The predicted octanol–water partition coefficient (Wildman–Crippen LogP) is 5.33. The van der Waals surface area contributed by atoms with Crippen LogP contribution in [0.4, 0.5) is 8.78 Å². The number of hydrogen-bond donors (Lipinski definition) is 0. The molecule has 146 valence electrons. The molecule has 0 aliphatic rings. The summed E-state index contributed by atoms with van der Waals surface area (Å²) in [4.78, 5) is 23.2. The molecule has 0 heterocycles. The van der Waals surface area contributed by atoms with Crippen molar-refractivity contribution in [3.05, 3.63) is 101 Å². The summed E-state index contributed by atoms with van der Waals surface area (Å²) in [6, 6.07) is 16.6. The van der Waals surface area contributed by atoms with E-state index in [9.17, 15) is 18.4 Å². The number of rotatable bonds is 7. The molecule has 0 aliphatic carbocycles. The van der Waals surface area contributed by atoms with Gasteiger partial charge >= 0.3 is 5.97 Å². The van der Waals surface area contributed by atoms with Crippen molar-refractivity contribution in [1.29, 1.82) is 0 Å². The SMILES string of the molecule is O=Cc1cc(Oc2ccc(F)cc2F)ccc1/C=C/C(=O)OCc1ccccc1. The Balaban J connectivity index is 1.67. The summed E-state index contributed by atoms with van der Waals surface area (Å²) in [7, 11) is 0. The summed E-state index contributed by atoms with van der Waals surface area (Å²) in [5.41, 5.74) is 1.55. The van der Waals surface area contributed by atoms with Gasteiger partial charge in [0, 0.05) is 17.7 Å². The van der Waals surface area contributed by atoms with Crippen molar-refractivity contribution >= 4 is 18.3 Å². The van der Waals surface area contributed by atoms with Gasteiger partial charge in [-0.1, -0.05) is 36.4 Å². The van der Waals surface area contributed by atoms with Crippen molar-refractivity contribution in [3.63, 3.8) is 0 Å². The molecular weight excluding hydrogens is 378 g/mol. The van der Waals surface area contributed by atoms with Gasteiger partial charge in [-0.15, -0.1) is 0 Å². The Kier molecular flexibility index (Phi) is 6.47. The molecule has 4 nitrogen and oxygen atoms in total. The van der Waals surface area contributed by atoms with Crippen LogP contribution in [-0.2, 0) is 16.1 Å². The molecule has 0 unspecified atom stereocenters. The molecule has 0 radical (unpaired) electrons. The maximum atomic E-state index is 13.7. The fourth-order valence-electron chi connectivity index (χ4n) is 2.49. The van der Waals surface area contributed by atoms with E-state index in [4.69, 9.17) is 9.47 Å². The van der Waals surface area contributed by atoms with Crippen LogP contribution in [0.3, 0.4) is 0 Å². The Bertz CT molecular complexity index is 1050. The summed E-state index contributed by atoms with van der Waals surface area (Å²) >= 11 is 0. The van der Waals surface area contributed by atoms with Crippen molar-refractivity contribution < 1.29 is 27.8 Å². The number of carbonyl (C=O) groups is 2. The molecule has 0 fully saturated rings. The van der Waals surface area contributed by atoms with E-state index in [0.717, 1.165) is 17.7 Å². The lowest BCUT2D eigenvalue weighted by molar-refractivity contribution is -0.138. The van der Waals surface area contributed by atoms with Gasteiger partial charge in [0.05, 0.1) is 0 Å². The minimum Gasteiger partial charge on any atom is -0.458 e. The largest absolute Gasteiger partial charge is 0.458 e. The second-order valence-electron chi connectivity index (χ2n) is 6.01. The van der Waals surface area contributed by atoms with Gasteiger partial charge in [0.2, 0.25) is 0 Å². The highest BCUT2D eigenvalue weighted by Gasteiger charge is 2.08. The van der Waals surface area contributed by atoms with Crippen LogP contribution in [0.2, 0.25) is 0 Å². The number of carbonyl (C=O) groups excluding carboxylic acids is 2. The first-order valence-electron chi connectivity index (χ1n) is 8.66. The first kappa shape index (κ1) is 19.9. The molecule has 0 saturated carbocycles. The summed E-state index contributed by atoms with van der Waals surface area (Å²) in [6.07, 6.45) is 3.24. The van der Waals surface area contributed by atoms with Gasteiger partial charge in [-0.2, -0.15) is 0 Å². The molecule has 3 aromatic carbocycles. The highest BCUT2D eigenvalue weighted by atomic mass is 19.1. The first-order chi connectivity index (χ1) is 14.0. The Morgan fingerprint density at radius 1 is 0.931 bits per heavy atom. The number of hydrogen-bond acceptors (Lipinski definition) is 4. The average molecular weight is 394 g/mol. The topological polar surface area (TPSA) is 52.6 Å². The van der Waals surface area contributed by atoms with Crippen LogP contribution >= 0.6 is 0 Å². The Morgan fingerprint density at radius 3 is 2.45 bits per heavy atom. The predicted molar refractivity (Wildman–Crippen MR) is 104 cm³/mol. The highest BCUT2D eigenvalue weighted by molar-refractivity contribution is 5.90. The number of esters is 1. The van der Waals surface area contributed by atoms with Crippen molar-refractivity contribution in [3.8, 4) is 11.5 Å². The third-order valence-corrected chi connectivity index (χ3v) is 3.93. The lowest BCUT2D eigenvalue weighted by Crippen LogP contribution is -2.00. The van der Waals surface area contributed by atoms with E-state index in [-0.39, 0.29) is 23.7 Å². The van der Waals surface area contributed by atoms with Crippen LogP contribution in [0.5, 0.6) is 11.5 Å². The maximum absolute atomic E-state index is 13.7. The van der Waals surface area contributed by atoms with Crippen LogP contribution in [0, 0.1) is 11.6 Å². The van der Waals surface area contributed by atoms with Gasteiger partial charge in [-0.05, 0) is 41.5 Å². The third-order valence-electron chi connectivity index (χ3n) is 3.93. The van der Waals surface area contributed by atoms with E-state index >= 15 is 0 Å². The van der Waals surface area contributed by atoms with Crippen molar-refractivity contribution in [2.45, 2.75) is 6.61 Å². The summed E-state index contributed by atoms with van der Waals surface area (Å²) in [5, 5.41) is 0. The number of halogens is 2. The monoisotopic (exact) mass is 394 g/mol. The standard InChI is InChI=1S/C23H16F2O4/c24-19-8-10-22(21(25)13-19)29-20-9-6-17(18(12-20)14-26)7-11-23(27)28-15-16-4-2-1-3-5-16/h1-14H,15H2/b11-7+. The molecule has 6 heteroatoms. The Morgan fingerprint density at radius 2 is 1.72 bits per heavy atom. The normalized spacial score (nSPS) is 10.7. The van der Waals surface area contributed by atoms with Gasteiger partial charge < -0.3 is 9.47 Å². The molecule has 0 atom stereocenters. The number of benzene rings is 3. The van der Waals surface area contributed by atoms with Gasteiger partial charge in [-0.3, -0.25) is 4.79 Å². The molecule has 3 aromatic rings. The second-order valence-corrected chi connectivity index (χ2v) is 6.01. The minimum atomic E-state index is -0.859. The van der Waals surface area contributed by atoms with Crippen LogP contribution in [0.25, 0.3) is 6.08 Å². The lowest BCUT2D eigenvalue weighted by atomic mass is 10.1. The Hall–Kier alpha value is -3.80. The molecule has 3 rings (SSSR count). The molecule has 0 aliphatic heterocycles. The van der Waals surface area contributed by atoms with E-state index in [1.54, 1.807) is 6.07 Å². The smallest absolute Gasteiger partial charge is 0.331 e. The molecule has 0 spiro atoms. The van der Waals surface area contributed by atoms with Crippen molar-refractivity contribution in [1.82, 2.24) is 0 Å². The van der Waals surface area contributed by atoms with Gasteiger partial charge in [0.25, 0.3) is 0 Å². The van der Waals surface area contributed by atoms with E-state index in [0.29, 0.717) is 17.9 Å². The molecule has 0 N–H and O–H groups in total. The van der Waals surface area contributed by atoms with Crippen molar-refractivity contribution in [2.75, 3.05) is 0 Å². The maximum Gasteiger partial charge on any atom is 0.331 e. The van der Waals surface area contributed by atoms with Crippen molar-refractivity contribution in [2.24, 2.45) is 0 Å². The average Bonchev–Trinajstić information content (AvgIpc) is 2.74. The van der Waals surface area contributed by atoms with Gasteiger partial charge in [0.1, 0.15) is 18.2 Å². The van der Waals surface area contributed by atoms with E-state index in [2.05, 4.69) is 0 Å². The Labute approximate surface area is 166 Å². The summed E-state index contributed by atoms with van der Waals surface area (Å²) in [5.74, 6) is -2.11. The number of aldehydes is 1. The van der Waals surface area contributed by atoms with Crippen LogP contribution in [0.1, 0.15) is 21.5 Å². The van der Waals surface area contributed by atoms with E-state index < -0.39 is 17.6 Å². The van der Waals surface area contributed by atoms with Crippen LogP contribution < -0.4 is 4.74 Å². The molecule has 0 aromatic heterocycles. The third kappa shape index (κ3) is 5.59. The van der Waals surface area contributed by atoms with Crippen LogP contribution in [-0.4, -0.2) is 12.3 Å². The van der Waals surface area contributed by atoms with E-state index in [1.165, 1.54) is 24.3 Å². The number of ether oxygens (including phenoxy) is 2. The quantitative estimate of drug-likeness (QED) is 0.309. The summed E-state index contributed by atoms with van der Waals surface area (Å²) < 4.78 is 37.2. The fraction of sp³-hybridized carbons (Fsp3) is 0.0435. The molecule has 0 saturated heterocycles. The first-order valence-corrected chi connectivity index (χ1v) is 8.66. The molecule has 0 amide bonds. The van der Waals surface area contributed by atoms with Crippen LogP contribution in [0.15, 0.2) is 72.8 Å². The zero-order valence-corrected chi connectivity index (χ0v) is 15.2. The summed E-state index contributed by atoms with van der Waals surface area (Å²) in [6.45, 7) is 0.139.